The normalized spacial score (nSPS) is 18.7. The second kappa shape index (κ2) is 9.98. The van der Waals surface area contributed by atoms with Crippen LogP contribution in [0, 0.1) is 11.8 Å². The van der Waals surface area contributed by atoms with Crippen LogP contribution in [0.4, 0.5) is 0 Å². The van der Waals surface area contributed by atoms with Gasteiger partial charge in [-0.2, -0.15) is 10.1 Å². The Labute approximate surface area is 184 Å². The van der Waals surface area contributed by atoms with Gasteiger partial charge in [0.1, 0.15) is 18.0 Å². The summed E-state index contributed by atoms with van der Waals surface area (Å²) in [5.74, 6) is -0.217. The number of nitrogens with zero attached hydrogens (tertiary/aromatic N) is 3. The monoisotopic (exact) mass is 439 g/mol. The number of thiophene rings is 1. The summed E-state index contributed by atoms with van der Waals surface area (Å²) in [5, 5.41) is 15.4. The number of hydrogen-bond acceptors (Lipinski definition) is 6. The van der Waals surface area contributed by atoms with Crippen molar-refractivity contribution in [2.75, 3.05) is 13.2 Å². The minimum Gasteiger partial charge on any atom is -0.480 e. The third-order valence-electron chi connectivity index (χ3n) is 5.65. The van der Waals surface area contributed by atoms with Crippen molar-refractivity contribution >= 4 is 17.3 Å². The second-order valence-corrected chi connectivity index (χ2v) is 8.86. The molecule has 0 saturated heterocycles. The highest BCUT2D eigenvalue weighted by Crippen LogP contribution is 2.32. The Morgan fingerprint density at radius 2 is 1.81 bits per heavy atom. The smallest absolute Gasteiger partial charge is 0.364 e. The maximum Gasteiger partial charge on any atom is 0.364 e. The van der Waals surface area contributed by atoms with Crippen LogP contribution in [0.25, 0.3) is 21.8 Å². The van der Waals surface area contributed by atoms with E-state index in [-0.39, 0.29) is 12.3 Å². The molecule has 3 aromatic rings. The van der Waals surface area contributed by atoms with Gasteiger partial charge in [-0.15, -0.1) is 11.3 Å². The van der Waals surface area contributed by atoms with Crippen molar-refractivity contribution in [1.29, 1.82) is 0 Å². The first-order valence-corrected chi connectivity index (χ1v) is 11.4. The highest BCUT2D eigenvalue weighted by atomic mass is 32.1. The molecule has 8 heteroatoms. The molecule has 1 fully saturated rings. The van der Waals surface area contributed by atoms with Crippen LogP contribution >= 0.6 is 11.3 Å². The third kappa shape index (κ3) is 5.45. The van der Waals surface area contributed by atoms with E-state index in [1.165, 1.54) is 4.68 Å². The molecule has 1 aliphatic rings. The summed E-state index contributed by atoms with van der Waals surface area (Å²) >= 11 is 1.54. The molecule has 0 atom stereocenters. The molecule has 162 valence electrons. The van der Waals surface area contributed by atoms with Crippen molar-refractivity contribution in [2.24, 2.45) is 11.8 Å². The summed E-state index contributed by atoms with van der Waals surface area (Å²) in [6, 6.07) is 13.7. The van der Waals surface area contributed by atoms with E-state index in [2.05, 4.69) is 4.98 Å². The molecule has 2 heterocycles. The Balaban J connectivity index is 1.50. The van der Waals surface area contributed by atoms with Gasteiger partial charge in [0.05, 0.1) is 11.5 Å². The standard InChI is InChI=1S/C23H25N3O4S/c27-20(28)15-30-14-17-10-8-16(9-11-17)13-26-23(29)24-22(19-7-4-12-31-19)21(25-26)18-5-2-1-3-6-18/h1-7,12,16-17H,8-11,13-15H2,(H,27,28)/t16-,17+. The lowest BCUT2D eigenvalue weighted by Gasteiger charge is -2.28. The van der Waals surface area contributed by atoms with Crippen LogP contribution < -0.4 is 5.69 Å². The number of rotatable bonds is 8. The van der Waals surface area contributed by atoms with Gasteiger partial charge in [0.2, 0.25) is 0 Å². The number of carbonyl (C=O) groups is 1. The minimum absolute atomic E-state index is 0.246. The lowest BCUT2D eigenvalue weighted by Crippen LogP contribution is -2.31. The van der Waals surface area contributed by atoms with Crippen LogP contribution in [-0.2, 0) is 16.1 Å². The summed E-state index contributed by atoms with van der Waals surface area (Å²) < 4.78 is 6.75. The fourth-order valence-electron chi connectivity index (χ4n) is 4.05. The fourth-order valence-corrected chi connectivity index (χ4v) is 4.76. The van der Waals surface area contributed by atoms with E-state index in [0.717, 1.165) is 41.8 Å². The summed E-state index contributed by atoms with van der Waals surface area (Å²) in [7, 11) is 0. The highest BCUT2D eigenvalue weighted by molar-refractivity contribution is 7.13. The quantitative estimate of drug-likeness (QED) is 0.571. The van der Waals surface area contributed by atoms with E-state index < -0.39 is 5.97 Å². The third-order valence-corrected chi connectivity index (χ3v) is 6.53. The van der Waals surface area contributed by atoms with E-state index in [0.29, 0.717) is 30.7 Å². The summed E-state index contributed by atoms with van der Waals surface area (Å²) in [5.41, 5.74) is 1.96. The largest absolute Gasteiger partial charge is 0.480 e. The maximum absolute atomic E-state index is 12.8. The van der Waals surface area contributed by atoms with Gasteiger partial charge in [-0.25, -0.2) is 14.3 Å². The molecule has 4 rings (SSSR count). The topological polar surface area (TPSA) is 94.3 Å². The van der Waals surface area contributed by atoms with Gasteiger partial charge in [0.15, 0.2) is 0 Å². The first-order chi connectivity index (χ1) is 15.1. The number of carboxylic acid groups (broad SMARTS) is 1. The predicted octanol–water partition coefficient (Wildman–Crippen LogP) is 3.94. The average Bonchev–Trinajstić information content (AvgIpc) is 3.31. The van der Waals surface area contributed by atoms with E-state index in [4.69, 9.17) is 14.9 Å². The zero-order valence-electron chi connectivity index (χ0n) is 17.1. The Kier molecular flexibility index (Phi) is 6.89. The van der Waals surface area contributed by atoms with Crippen LogP contribution in [-0.4, -0.2) is 39.1 Å². The second-order valence-electron chi connectivity index (χ2n) is 7.91. The number of benzene rings is 1. The van der Waals surface area contributed by atoms with Gasteiger partial charge < -0.3 is 9.84 Å². The molecule has 0 radical (unpaired) electrons. The van der Waals surface area contributed by atoms with E-state index in [1.807, 2.05) is 47.8 Å². The maximum atomic E-state index is 12.8. The molecule has 0 aliphatic heterocycles. The van der Waals surface area contributed by atoms with Crippen molar-refractivity contribution in [3.63, 3.8) is 0 Å². The molecule has 31 heavy (non-hydrogen) atoms. The van der Waals surface area contributed by atoms with Crippen LogP contribution in [0.2, 0.25) is 0 Å². The Morgan fingerprint density at radius 1 is 1.06 bits per heavy atom. The van der Waals surface area contributed by atoms with Crippen LogP contribution in [0.5, 0.6) is 0 Å². The van der Waals surface area contributed by atoms with E-state index >= 15 is 0 Å². The number of hydrogen-bond donors (Lipinski definition) is 1. The molecule has 0 amide bonds. The van der Waals surface area contributed by atoms with Crippen LogP contribution in [0.1, 0.15) is 25.7 Å². The molecular weight excluding hydrogens is 414 g/mol. The zero-order valence-corrected chi connectivity index (χ0v) is 18.0. The van der Waals surface area contributed by atoms with Crippen molar-refractivity contribution in [3.8, 4) is 21.8 Å². The van der Waals surface area contributed by atoms with Gasteiger partial charge >= 0.3 is 11.7 Å². The molecule has 1 N–H and O–H groups in total. The highest BCUT2D eigenvalue weighted by Gasteiger charge is 2.24. The molecule has 0 unspecified atom stereocenters. The number of aromatic nitrogens is 3. The predicted molar refractivity (Wildman–Crippen MR) is 119 cm³/mol. The Hall–Kier alpha value is -2.84. The zero-order chi connectivity index (χ0) is 21.6. The summed E-state index contributed by atoms with van der Waals surface area (Å²) in [6.07, 6.45) is 3.85. The molecular formula is C23H25N3O4S. The minimum atomic E-state index is -0.938. The van der Waals surface area contributed by atoms with E-state index in [9.17, 15) is 9.59 Å². The molecule has 1 aromatic carbocycles. The van der Waals surface area contributed by atoms with Crippen LogP contribution in [0.15, 0.2) is 52.6 Å². The molecule has 1 aliphatic carbocycles. The first-order valence-electron chi connectivity index (χ1n) is 10.5. The number of aliphatic carboxylic acids is 1. The van der Waals surface area contributed by atoms with E-state index in [1.54, 1.807) is 11.3 Å². The van der Waals surface area contributed by atoms with Crippen molar-refractivity contribution < 1.29 is 14.6 Å². The molecule has 2 aromatic heterocycles. The number of carboxylic acids is 1. The van der Waals surface area contributed by atoms with Gasteiger partial charge in [0.25, 0.3) is 0 Å². The average molecular weight is 440 g/mol. The SMILES string of the molecule is O=C(O)COC[C@H]1CC[C@@H](Cn2nc(-c3ccccc3)c(-c3cccs3)nc2=O)CC1. The fraction of sp³-hybridized carbons (Fsp3) is 0.391. The van der Waals surface area contributed by atoms with Gasteiger partial charge in [-0.1, -0.05) is 36.4 Å². The Bertz CT molecular complexity index is 1060. The van der Waals surface area contributed by atoms with Gasteiger partial charge in [0, 0.05) is 12.1 Å². The molecule has 7 nitrogen and oxygen atoms in total. The molecule has 0 spiro atoms. The first kappa shape index (κ1) is 21.4. The van der Waals surface area contributed by atoms with Gasteiger partial charge in [-0.3, -0.25) is 0 Å². The van der Waals surface area contributed by atoms with Crippen molar-refractivity contribution in [2.45, 2.75) is 32.2 Å². The van der Waals surface area contributed by atoms with Gasteiger partial charge in [-0.05, 0) is 49.0 Å². The molecule has 0 bridgehead atoms. The van der Waals surface area contributed by atoms with Crippen LogP contribution in [0.3, 0.4) is 0 Å². The van der Waals surface area contributed by atoms with Crippen molar-refractivity contribution in [3.05, 3.63) is 58.3 Å². The lowest BCUT2D eigenvalue weighted by molar-refractivity contribution is -0.142. The lowest BCUT2D eigenvalue weighted by atomic mass is 9.82. The summed E-state index contributed by atoms with van der Waals surface area (Å²) in [6.45, 7) is 0.773. The van der Waals surface area contributed by atoms with Crippen molar-refractivity contribution in [1.82, 2.24) is 14.8 Å². The molecule has 1 saturated carbocycles. The number of ether oxygens (including phenoxy) is 1. The summed E-state index contributed by atoms with van der Waals surface area (Å²) in [4.78, 5) is 28.7. The Morgan fingerprint density at radius 3 is 2.48 bits per heavy atom.